The van der Waals surface area contributed by atoms with Crippen LogP contribution in [-0.4, -0.2) is 29.5 Å². The maximum atomic E-state index is 10.5. The minimum Gasteiger partial charge on any atom is -0.390 e. The van der Waals surface area contributed by atoms with Crippen molar-refractivity contribution in [1.29, 1.82) is 0 Å². The molecule has 0 unspecified atom stereocenters. The third-order valence-corrected chi connectivity index (χ3v) is 4.34. The van der Waals surface area contributed by atoms with Crippen LogP contribution in [0.3, 0.4) is 0 Å². The van der Waals surface area contributed by atoms with E-state index in [0.717, 1.165) is 32.4 Å². The van der Waals surface area contributed by atoms with E-state index in [0.29, 0.717) is 6.61 Å². The molecule has 1 atom stereocenters. The van der Waals surface area contributed by atoms with Gasteiger partial charge in [-0.05, 0) is 44.7 Å². The van der Waals surface area contributed by atoms with Crippen LogP contribution in [0.5, 0.6) is 0 Å². The van der Waals surface area contributed by atoms with Gasteiger partial charge in [0.05, 0.1) is 17.8 Å². The highest BCUT2D eigenvalue weighted by Crippen LogP contribution is 2.33. The fraction of sp³-hybridized carbons (Fsp3) is 0.714. The number of ether oxygens (including phenoxy) is 1. The van der Waals surface area contributed by atoms with Crippen molar-refractivity contribution in [2.75, 3.05) is 13.2 Å². The summed E-state index contributed by atoms with van der Waals surface area (Å²) in [7, 11) is 0. The molecule has 0 saturated carbocycles. The summed E-state index contributed by atoms with van der Waals surface area (Å²) in [6.45, 7) is 6.51. The molecule has 0 spiro atoms. The van der Waals surface area contributed by atoms with Gasteiger partial charge in [0.1, 0.15) is 0 Å². The molecule has 2 heterocycles. The molecule has 0 amide bonds. The summed E-state index contributed by atoms with van der Waals surface area (Å²) in [6, 6.07) is 4.19. The number of hydrogen-bond donors (Lipinski definition) is 2. The molecule has 18 heavy (non-hydrogen) atoms. The van der Waals surface area contributed by atoms with Crippen molar-refractivity contribution in [1.82, 2.24) is 5.32 Å². The summed E-state index contributed by atoms with van der Waals surface area (Å²) in [5, 5.41) is 16.0. The van der Waals surface area contributed by atoms with Gasteiger partial charge in [0, 0.05) is 17.8 Å². The first-order valence-electron chi connectivity index (χ1n) is 6.59. The Bertz CT molecular complexity index is 364. The summed E-state index contributed by atoms with van der Waals surface area (Å²) in [5.41, 5.74) is -0.759. The molecular weight excluding hydrogens is 246 g/mol. The molecule has 102 valence electrons. The van der Waals surface area contributed by atoms with Crippen LogP contribution >= 0.6 is 11.3 Å². The van der Waals surface area contributed by atoms with Crippen LogP contribution in [0.25, 0.3) is 0 Å². The van der Waals surface area contributed by atoms with Crippen LogP contribution in [-0.2, 0) is 11.3 Å². The molecule has 0 radical (unpaired) electrons. The first kappa shape index (κ1) is 14.0. The zero-order chi connectivity index (χ0) is 13.1. The second kappa shape index (κ2) is 5.70. The largest absolute Gasteiger partial charge is 0.390 e. The molecule has 0 aliphatic carbocycles. The molecule has 1 aromatic heterocycles. The smallest absolute Gasteiger partial charge is 0.0709 e. The number of aliphatic hydroxyl groups is 1. The molecule has 0 aromatic carbocycles. The van der Waals surface area contributed by atoms with Crippen molar-refractivity contribution >= 4 is 11.3 Å². The monoisotopic (exact) mass is 269 g/mol. The van der Waals surface area contributed by atoms with Crippen molar-refractivity contribution in [3.8, 4) is 0 Å². The molecule has 3 nitrogen and oxygen atoms in total. The van der Waals surface area contributed by atoms with Crippen molar-refractivity contribution in [2.45, 2.75) is 50.9 Å². The molecule has 2 rings (SSSR count). The van der Waals surface area contributed by atoms with E-state index in [9.17, 15) is 5.11 Å². The van der Waals surface area contributed by atoms with Crippen LogP contribution < -0.4 is 5.32 Å². The van der Waals surface area contributed by atoms with Gasteiger partial charge in [0.15, 0.2) is 0 Å². The third kappa shape index (κ3) is 4.05. The first-order chi connectivity index (χ1) is 8.49. The quantitative estimate of drug-likeness (QED) is 0.807. The molecule has 1 aliphatic rings. The van der Waals surface area contributed by atoms with Gasteiger partial charge in [-0.25, -0.2) is 0 Å². The van der Waals surface area contributed by atoms with E-state index >= 15 is 0 Å². The van der Waals surface area contributed by atoms with Crippen molar-refractivity contribution < 1.29 is 9.84 Å². The van der Waals surface area contributed by atoms with E-state index in [1.165, 1.54) is 4.88 Å². The van der Waals surface area contributed by atoms with Gasteiger partial charge in [-0.1, -0.05) is 6.07 Å². The maximum absolute atomic E-state index is 10.5. The second-order valence-corrected chi connectivity index (χ2v) is 6.80. The van der Waals surface area contributed by atoms with Gasteiger partial charge < -0.3 is 15.2 Å². The lowest BCUT2D eigenvalue weighted by Crippen LogP contribution is -2.47. The SMILES string of the molecule is CC1(C)C[C@@](O)(CCNCc2cccs2)CCO1. The molecule has 1 aromatic rings. The van der Waals surface area contributed by atoms with Gasteiger partial charge in [0.25, 0.3) is 0 Å². The fourth-order valence-corrected chi connectivity index (χ4v) is 3.28. The second-order valence-electron chi connectivity index (χ2n) is 5.77. The van der Waals surface area contributed by atoms with E-state index in [2.05, 4.69) is 36.7 Å². The molecule has 0 bridgehead atoms. The van der Waals surface area contributed by atoms with E-state index in [1.807, 2.05) is 0 Å². The fourth-order valence-electron chi connectivity index (χ4n) is 2.61. The molecule has 1 fully saturated rings. The summed E-state index contributed by atoms with van der Waals surface area (Å²) in [6.07, 6.45) is 2.27. The average Bonchev–Trinajstić information content (AvgIpc) is 2.75. The van der Waals surface area contributed by atoms with Crippen molar-refractivity contribution in [2.24, 2.45) is 0 Å². The lowest BCUT2D eigenvalue weighted by Gasteiger charge is -2.41. The Hall–Kier alpha value is -0.420. The van der Waals surface area contributed by atoms with E-state index in [-0.39, 0.29) is 5.60 Å². The predicted octanol–water partition coefficient (Wildman–Crippen LogP) is 2.55. The zero-order valence-corrected chi connectivity index (χ0v) is 12.1. The lowest BCUT2D eigenvalue weighted by molar-refractivity contribution is -0.146. The standard InChI is InChI=1S/C14H23NO2S/c1-13(2)11-14(16,6-8-17-13)5-7-15-10-12-4-3-9-18-12/h3-4,9,15-16H,5-8,10-11H2,1-2H3/t14-/m1/s1. The van der Waals surface area contributed by atoms with E-state index in [4.69, 9.17) is 4.74 Å². The Morgan fingerprint density at radius 2 is 2.33 bits per heavy atom. The average molecular weight is 269 g/mol. The van der Waals surface area contributed by atoms with Crippen LogP contribution in [0, 0.1) is 0 Å². The topological polar surface area (TPSA) is 41.5 Å². The number of rotatable bonds is 5. The summed E-state index contributed by atoms with van der Waals surface area (Å²) < 4.78 is 5.65. The Morgan fingerprint density at radius 1 is 1.50 bits per heavy atom. The highest BCUT2D eigenvalue weighted by molar-refractivity contribution is 7.09. The van der Waals surface area contributed by atoms with Crippen LogP contribution in [0.1, 0.15) is 38.0 Å². The minimum atomic E-state index is -0.565. The zero-order valence-electron chi connectivity index (χ0n) is 11.2. The van der Waals surface area contributed by atoms with Crippen LogP contribution in [0.2, 0.25) is 0 Å². The molecular formula is C14H23NO2S. The van der Waals surface area contributed by atoms with Crippen molar-refractivity contribution in [3.63, 3.8) is 0 Å². The minimum absolute atomic E-state index is 0.194. The Balaban J connectivity index is 1.72. The lowest BCUT2D eigenvalue weighted by atomic mass is 9.82. The Labute approximate surface area is 113 Å². The normalized spacial score (nSPS) is 27.3. The third-order valence-electron chi connectivity index (χ3n) is 3.46. The maximum Gasteiger partial charge on any atom is 0.0709 e. The van der Waals surface area contributed by atoms with Crippen LogP contribution in [0.15, 0.2) is 17.5 Å². The van der Waals surface area contributed by atoms with Gasteiger partial charge >= 0.3 is 0 Å². The Kier molecular flexibility index (Phi) is 4.43. The van der Waals surface area contributed by atoms with Gasteiger partial charge in [-0.2, -0.15) is 0 Å². The van der Waals surface area contributed by atoms with E-state index < -0.39 is 5.60 Å². The molecule has 2 N–H and O–H groups in total. The van der Waals surface area contributed by atoms with E-state index in [1.54, 1.807) is 11.3 Å². The summed E-state index contributed by atoms with van der Waals surface area (Å²) in [5.74, 6) is 0. The highest BCUT2D eigenvalue weighted by Gasteiger charge is 2.38. The van der Waals surface area contributed by atoms with Gasteiger partial charge in [-0.15, -0.1) is 11.3 Å². The molecule has 1 saturated heterocycles. The number of thiophene rings is 1. The molecule has 1 aliphatic heterocycles. The highest BCUT2D eigenvalue weighted by atomic mass is 32.1. The Morgan fingerprint density at radius 3 is 3.00 bits per heavy atom. The first-order valence-corrected chi connectivity index (χ1v) is 7.47. The van der Waals surface area contributed by atoms with Crippen molar-refractivity contribution in [3.05, 3.63) is 22.4 Å². The summed E-state index contributed by atoms with van der Waals surface area (Å²) in [4.78, 5) is 1.34. The van der Waals surface area contributed by atoms with Crippen LogP contribution in [0.4, 0.5) is 0 Å². The van der Waals surface area contributed by atoms with Gasteiger partial charge in [0.2, 0.25) is 0 Å². The summed E-state index contributed by atoms with van der Waals surface area (Å²) >= 11 is 1.76. The molecule has 4 heteroatoms. The number of hydrogen-bond acceptors (Lipinski definition) is 4. The van der Waals surface area contributed by atoms with Gasteiger partial charge in [-0.3, -0.25) is 0 Å². The predicted molar refractivity (Wildman–Crippen MR) is 74.9 cm³/mol. The number of nitrogens with one attached hydrogen (secondary N) is 1.